The molecule has 0 fully saturated rings. The molecule has 0 amide bonds. The lowest BCUT2D eigenvalue weighted by Crippen LogP contribution is -2.33. The maximum absolute atomic E-state index is 13.8. The number of para-hydroxylation sites is 1. The van der Waals surface area contributed by atoms with E-state index in [-0.39, 0.29) is 24.5 Å². The van der Waals surface area contributed by atoms with E-state index in [0.717, 1.165) is 12.1 Å². The molecule has 0 bridgehead atoms. The van der Waals surface area contributed by atoms with E-state index in [2.05, 4.69) is 4.98 Å². The van der Waals surface area contributed by atoms with Crippen LogP contribution in [0.5, 0.6) is 0 Å². The molecule has 2 heterocycles. The minimum absolute atomic E-state index is 0.0429. The number of alkyl halides is 3. The molecule has 0 N–H and O–H groups in total. The number of sulfonamides is 1. The Balaban J connectivity index is 1.65. The molecule has 6 nitrogen and oxygen atoms in total. The van der Waals surface area contributed by atoms with Crippen LogP contribution in [0.15, 0.2) is 84.0 Å². The van der Waals surface area contributed by atoms with Gasteiger partial charge in [-0.15, -0.1) is 0 Å². The van der Waals surface area contributed by atoms with Crippen molar-refractivity contribution in [3.63, 3.8) is 0 Å². The standard InChI is InChI=1S/C26H26F3N3O3S/c1-35-16-6-15-32(36(33,34)24-12-3-8-21-9-4-13-30-25(21)24)19-23-11-5-14-31(23)18-20-7-2-10-22(17-20)26(27,28)29/h2-5,7-14,17H,6,15-16,18-19H2,1H3. The van der Waals surface area contributed by atoms with Crippen molar-refractivity contribution in [3.05, 3.63) is 95.9 Å². The molecule has 36 heavy (non-hydrogen) atoms. The summed E-state index contributed by atoms with van der Waals surface area (Å²) in [5, 5.41) is 0.711. The van der Waals surface area contributed by atoms with E-state index in [1.54, 1.807) is 66.5 Å². The second-order valence-electron chi connectivity index (χ2n) is 8.34. The summed E-state index contributed by atoms with van der Waals surface area (Å²) in [6, 6.07) is 17.2. The van der Waals surface area contributed by atoms with E-state index in [0.29, 0.717) is 35.2 Å². The number of methoxy groups -OCH3 is 1. The van der Waals surface area contributed by atoms with Crippen molar-refractivity contribution in [1.29, 1.82) is 0 Å². The monoisotopic (exact) mass is 517 g/mol. The molecule has 0 atom stereocenters. The molecule has 0 saturated carbocycles. The van der Waals surface area contributed by atoms with Crippen molar-refractivity contribution in [2.75, 3.05) is 20.3 Å². The van der Waals surface area contributed by atoms with Crippen LogP contribution in [0.3, 0.4) is 0 Å². The first-order valence-electron chi connectivity index (χ1n) is 11.3. The molecule has 0 aliphatic carbocycles. The predicted molar refractivity (Wildman–Crippen MR) is 131 cm³/mol. The average Bonchev–Trinajstić information content (AvgIpc) is 3.29. The zero-order valence-electron chi connectivity index (χ0n) is 19.6. The molecule has 0 unspecified atom stereocenters. The average molecular weight is 518 g/mol. The number of rotatable bonds is 10. The molecule has 0 saturated heterocycles. The summed E-state index contributed by atoms with van der Waals surface area (Å²) < 4.78 is 75.3. The second kappa shape index (κ2) is 10.8. The van der Waals surface area contributed by atoms with Gasteiger partial charge < -0.3 is 9.30 Å². The van der Waals surface area contributed by atoms with Crippen LogP contribution < -0.4 is 0 Å². The van der Waals surface area contributed by atoms with Gasteiger partial charge in [-0.2, -0.15) is 17.5 Å². The highest BCUT2D eigenvalue weighted by Gasteiger charge is 2.31. The molecular formula is C26H26F3N3O3S. The normalized spacial score (nSPS) is 12.5. The zero-order valence-corrected chi connectivity index (χ0v) is 20.5. The SMILES string of the molecule is COCCCN(Cc1cccn1Cc1cccc(C(F)(F)F)c1)S(=O)(=O)c1cccc2cccnc12. The number of halogens is 3. The van der Waals surface area contributed by atoms with Gasteiger partial charge in [0, 0.05) is 50.3 Å². The van der Waals surface area contributed by atoms with E-state index >= 15 is 0 Å². The maximum Gasteiger partial charge on any atom is 0.416 e. The Hall–Kier alpha value is -3.21. The minimum atomic E-state index is -4.44. The fraction of sp³-hybridized carbons (Fsp3) is 0.269. The van der Waals surface area contributed by atoms with Crippen LogP contribution in [0.1, 0.15) is 23.2 Å². The Labute approximate surface area is 208 Å². The van der Waals surface area contributed by atoms with Gasteiger partial charge in [0.25, 0.3) is 0 Å². The van der Waals surface area contributed by atoms with Crippen LogP contribution >= 0.6 is 0 Å². The van der Waals surface area contributed by atoms with Gasteiger partial charge in [0.1, 0.15) is 4.90 Å². The highest BCUT2D eigenvalue weighted by atomic mass is 32.2. The summed E-state index contributed by atoms with van der Waals surface area (Å²) >= 11 is 0. The fourth-order valence-corrected chi connectivity index (χ4v) is 5.68. The van der Waals surface area contributed by atoms with Crippen LogP contribution in [0.25, 0.3) is 10.9 Å². The van der Waals surface area contributed by atoms with Gasteiger partial charge in [0.2, 0.25) is 10.0 Å². The molecule has 0 spiro atoms. The molecule has 0 aliphatic heterocycles. The zero-order chi connectivity index (χ0) is 25.8. The molecule has 0 aliphatic rings. The van der Waals surface area contributed by atoms with Gasteiger partial charge in [0.15, 0.2) is 0 Å². The van der Waals surface area contributed by atoms with Gasteiger partial charge in [0.05, 0.1) is 17.6 Å². The quantitative estimate of drug-likeness (QED) is 0.267. The Morgan fingerprint density at radius 1 is 1.03 bits per heavy atom. The number of hydrogen-bond acceptors (Lipinski definition) is 4. The van der Waals surface area contributed by atoms with Crippen molar-refractivity contribution in [2.24, 2.45) is 0 Å². The van der Waals surface area contributed by atoms with Crippen molar-refractivity contribution < 1.29 is 26.3 Å². The molecular weight excluding hydrogens is 491 g/mol. The first kappa shape index (κ1) is 25.9. The molecule has 2 aromatic carbocycles. The number of pyridine rings is 1. The summed E-state index contributed by atoms with van der Waals surface area (Å²) in [6.07, 6.45) is -0.678. The number of benzene rings is 2. The van der Waals surface area contributed by atoms with Crippen LogP contribution in [-0.2, 0) is 34.0 Å². The highest BCUT2D eigenvalue weighted by molar-refractivity contribution is 7.89. The minimum Gasteiger partial charge on any atom is -0.385 e. The largest absolute Gasteiger partial charge is 0.416 e. The maximum atomic E-state index is 13.8. The lowest BCUT2D eigenvalue weighted by atomic mass is 10.1. The number of aromatic nitrogens is 2. The third-order valence-electron chi connectivity index (χ3n) is 5.84. The van der Waals surface area contributed by atoms with Gasteiger partial charge >= 0.3 is 6.18 Å². The Morgan fingerprint density at radius 3 is 2.58 bits per heavy atom. The van der Waals surface area contributed by atoms with Gasteiger partial charge in [-0.05, 0) is 48.4 Å². The van der Waals surface area contributed by atoms with Gasteiger partial charge in [-0.3, -0.25) is 4.98 Å². The number of ether oxygens (including phenoxy) is 1. The number of nitrogens with zero attached hydrogens (tertiary/aromatic N) is 3. The summed E-state index contributed by atoms with van der Waals surface area (Å²) in [5.74, 6) is 0. The van der Waals surface area contributed by atoms with Gasteiger partial charge in [-0.25, -0.2) is 8.42 Å². The third kappa shape index (κ3) is 5.77. The first-order chi connectivity index (χ1) is 17.2. The van der Waals surface area contributed by atoms with E-state index in [9.17, 15) is 21.6 Å². The van der Waals surface area contributed by atoms with E-state index in [1.165, 1.54) is 16.4 Å². The predicted octanol–water partition coefficient (Wildman–Crippen LogP) is 5.33. The molecule has 2 aromatic heterocycles. The van der Waals surface area contributed by atoms with Gasteiger partial charge in [-0.1, -0.05) is 30.3 Å². The summed E-state index contributed by atoms with van der Waals surface area (Å²) in [4.78, 5) is 4.40. The molecule has 190 valence electrons. The fourth-order valence-electron chi connectivity index (χ4n) is 4.06. The smallest absolute Gasteiger partial charge is 0.385 e. The third-order valence-corrected chi connectivity index (χ3v) is 7.72. The second-order valence-corrected chi connectivity index (χ2v) is 10.2. The van der Waals surface area contributed by atoms with Crippen LogP contribution in [0, 0.1) is 0 Å². The molecule has 4 rings (SSSR count). The van der Waals surface area contributed by atoms with E-state index in [4.69, 9.17) is 4.74 Å². The Kier molecular flexibility index (Phi) is 7.77. The number of fused-ring (bicyclic) bond motifs is 1. The molecule has 10 heteroatoms. The lowest BCUT2D eigenvalue weighted by Gasteiger charge is -2.24. The van der Waals surface area contributed by atoms with Crippen molar-refractivity contribution in [3.8, 4) is 0 Å². The van der Waals surface area contributed by atoms with Crippen molar-refractivity contribution >= 4 is 20.9 Å². The molecule has 0 radical (unpaired) electrons. The van der Waals surface area contributed by atoms with Crippen LogP contribution in [-0.4, -0.2) is 42.5 Å². The summed E-state index contributed by atoms with van der Waals surface area (Å²) in [7, 11) is -2.40. The first-order valence-corrected chi connectivity index (χ1v) is 12.8. The summed E-state index contributed by atoms with van der Waals surface area (Å²) in [6.45, 7) is 0.800. The number of hydrogen-bond donors (Lipinski definition) is 0. The molecule has 4 aromatic rings. The Morgan fingerprint density at radius 2 is 1.81 bits per heavy atom. The van der Waals surface area contributed by atoms with E-state index < -0.39 is 21.8 Å². The topological polar surface area (TPSA) is 64.4 Å². The van der Waals surface area contributed by atoms with Crippen LogP contribution in [0.2, 0.25) is 0 Å². The van der Waals surface area contributed by atoms with Crippen molar-refractivity contribution in [1.82, 2.24) is 13.9 Å². The van der Waals surface area contributed by atoms with Crippen molar-refractivity contribution in [2.45, 2.75) is 30.6 Å². The lowest BCUT2D eigenvalue weighted by molar-refractivity contribution is -0.137. The summed E-state index contributed by atoms with van der Waals surface area (Å²) in [5.41, 5.74) is 0.785. The Bertz CT molecular complexity index is 1430. The van der Waals surface area contributed by atoms with E-state index in [1.807, 2.05) is 0 Å². The van der Waals surface area contributed by atoms with Crippen LogP contribution in [0.4, 0.5) is 13.2 Å². The highest BCUT2D eigenvalue weighted by Crippen LogP contribution is 2.30.